The number of hydrogen-bond donors (Lipinski definition) is 1. The Kier molecular flexibility index (Phi) is 5.12. The molecule has 2 aromatic rings. The molecular weight excluding hydrogens is 393 g/mol. The lowest BCUT2D eigenvalue weighted by atomic mass is 9.81. The average Bonchev–Trinajstić information content (AvgIpc) is 3.13. The molecule has 1 saturated carbocycles. The van der Waals surface area contributed by atoms with E-state index in [-0.39, 0.29) is 34.7 Å². The Morgan fingerprint density at radius 2 is 1.73 bits per heavy atom. The molecule has 2 atom stereocenters. The maximum atomic E-state index is 13.0. The monoisotopic (exact) mass is 416 g/mol. The Morgan fingerprint density at radius 1 is 1.07 bits per heavy atom. The van der Waals surface area contributed by atoms with Crippen molar-refractivity contribution in [2.75, 3.05) is 0 Å². The molecule has 0 saturated heterocycles. The van der Waals surface area contributed by atoms with Crippen molar-refractivity contribution in [1.29, 1.82) is 0 Å². The predicted octanol–water partition coefficient (Wildman–Crippen LogP) is 6.64. The minimum atomic E-state index is -4.41. The molecule has 0 amide bonds. The van der Waals surface area contributed by atoms with Crippen LogP contribution in [-0.4, -0.2) is 10.9 Å². The van der Waals surface area contributed by atoms with Gasteiger partial charge in [-0.05, 0) is 79.6 Å². The van der Waals surface area contributed by atoms with E-state index in [1.807, 2.05) is 13.0 Å². The fourth-order valence-electron chi connectivity index (χ4n) is 4.59. The molecule has 0 radical (unpaired) electrons. The summed E-state index contributed by atoms with van der Waals surface area (Å²) in [7, 11) is 0. The number of carbonyl (C=O) groups is 1. The van der Waals surface area contributed by atoms with Gasteiger partial charge in [0, 0.05) is 11.8 Å². The molecule has 2 aromatic carbocycles. The lowest BCUT2D eigenvalue weighted by molar-refractivity contribution is -0.138. The van der Waals surface area contributed by atoms with Crippen molar-refractivity contribution >= 4 is 11.4 Å². The third-order valence-corrected chi connectivity index (χ3v) is 6.16. The standard InChI is InChI=1S/C24H23F3O3/c1-3-14-6-7-18(30-17-8-9-20(13(2)10-17)24(25,26)27)12-19(14)21-22(28)15-4-5-16(11-15)23(21)29/h6-10,12,15-16,28H,3-5,11H2,1-2H3/t15-,16+/m0/s1. The van der Waals surface area contributed by atoms with Crippen molar-refractivity contribution in [1.82, 2.24) is 0 Å². The maximum Gasteiger partial charge on any atom is 0.416 e. The largest absolute Gasteiger partial charge is 0.511 e. The first-order valence-electron chi connectivity index (χ1n) is 10.1. The molecule has 0 heterocycles. The van der Waals surface area contributed by atoms with E-state index in [1.54, 1.807) is 12.1 Å². The number of benzene rings is 2. The summed E-state index contributed by atoms with van der Waals surface area (Å²) in [6.45, 7) is 3.36. The van der Waals surface area contributed by atoms with Gasteiger partial charge < -0.3 is 9.84 Å². The zero-order valence-corrected chi connectivity index (χ0v) is 16.8. The van der Waals surface area contributed by atoms with E-state index >= 15 is 0 Å². The summed E-state index contributed by atoms with van der Waals surface area (Å²) < 4.78 is 44.8. The van der Waals surface area contributed by atoms with Gasteiger partial charge >= 0.3 is 6.18 Å². The van der Waals surface area contributed by atoms with Crippen molar-refractivity contribution in [2.45, 2.75) is 45.7 Å². The lowest BCUT2D eigenvalue weighted by Gasteiger charge is -2.23. The highest BCUT2D eigenvalue weighted by atomic mass is 19.4. The number of hydrogen-bond acceptors (Lipinski definition) is 3. The van der Waals surface area contributed by atoms with Gasteiger partial charge in [-0.15, -0.1) is 0 Å². The number of allylic oxidation sites excluding steroid dienone is 2. The van der Waals surface area contributed by atoms with Gasteiger partial charge in [-0.25, -0.2) is 0 Å². The zero-order valence-electron chi connectivity index (χ0n) is 16.8. The summed E-state index contributed by atoms with van der Waals surface area (Å²) >= 11 is 0. The van der Waals surface area contributed by atoms with Gasteiger partial charge in [0.05, 0.1) is 11.1 Å². The van der Waals surface area contributed by atoms with Crippen LogP contribution < -0.4 is 4.74 Å². The van der Waals surface area contributed by atoms with Crippen LogP contribution in [0.2, 0.25) is 0 Å². The van der Waals surface area contributed by atoms with E-state index in [4.69, 9.17) is 4.74 Å². The quantitative estimate of drug-likeness (QED) is 0.608. The second-order valence-electron chi connectivity index (χ2n) is 8.08. The van der Waals surface area contributed by atoms with Crippen LogP contribution >= 0.6 is 0 Å². The van der Waals surface area contributed by atoms with Crippen LogP contribution in [0, 0.1) is 18.8 Å². The van der Waals surface area contributed by atoms with E-state index in [1.165, 1.54) is 19.1 Å². The highest BCUT2D eigenvalue weighted by Gasteiger charge is 2.41. The number of aliphatic hydroxyl groups is 1. The maximum absolute atomic E-state index is 13.0. The van der Waals surface area contributed by atoms with Gasteiger partial charge in [-0.1, -0.05) is 13.0 Å². The fourth-order valence-corrected chi connectivity index (χ4v) is 4.59. The van der Waals surface area contributed by atoms with E-state index in [0.29, 0.717) is 29.7 Å². The summed E-state index contributed by atoms with van der Waals surface area (Å²) in [5, 5.41) is 10.7. The number of Topliss-reactive ketones (excluding diaryl/α,β-unsaturated/α-hetero) is 1. The summed E-state index contributed by atoms with van der Waals surface area (Å²) in [4.78, 5) is 12.9. The Balaban J connectivity index is 1.70. The third kappa shape index (κ3) is 3.59. The van der Waals surface area contributed by atoms with Gasteiger partial charge in [0.25, 0.3) is 0 Å². The molecule has 158 valence electrons. The number of aliphatic hydroxyl groups excluding tert-OH is 1. The number of ketones is 1. The van der Waals surface area contributed by atoms with Crippen LogP contribution in [0.25, 0.3) is 5.57 Å². The summed E-state index contributed by atoms with van der Waals surface area (Å²) in [6, 6.07) is 8.91. The SMILES string of the molecule is CCc1ccc(Oc2ccc(C(F)(F)F)c(C)c2)cc1C1=C(O)[C@H]2CC[C@H](C2)C1=O. The van der Waals surface area contributed by atoms with Gasteiger partial charge in [0.2, 0.25) is 0 Å². The normalized spacial score (nSPS) is 21.3. The molecule has 2 aliphatic rings. The van der Waals surface area contributed by atoms with Crippen LogP contribution in [-0.2, 0) is 17.4 Å². The van der Waals surface area contributed by atoms with E-state index in [9.17, 15) is 23.1 Å². The molecule has 0 aromatic heterocycles. The molecule has 0 unspecified atom stereocenters. The Labute approximate surface area is 173 Å². The molecule has 0 spiro atoms. The summed E-state index contributed by atoms with van der Waals surface area (Å²) in [6.07, 6.45) is -1.43. The summed E-state index contributed by atoms with van der Waals surface area (Å²) in [5.74, 6) is 0.794. The Hall–Kier alpha value is -2.76. The van der Waals surface area contributed by atoms with E-state index in [0.717, 1.165) is 24.5 Å². The highest BCUT2D eigenvalue weighted by Crippen LogP contribution is 2.46. The van der Waals surface area contributed by atoms with Crippen molar-refractivity contribution < 1.29 is 27.8 Å². The molecule has 6 heteroatoms. The zero-order chi connectivity index (χ0) is 21.6. The second kappa shape index (κ2) is 7.49. The number of rotatable bonds is 4. The minimum Gasteiger partial charge on any atom is -0.511 e. The van der Waals surface area contributed by atoms with Gasteiger partial charge in [-0.3, -0.25) is 4.79 Å². The molecular formula is C24H23F3O3. The van der Waals surface area contributed by atoms with Crippen molar-refractivity contribution in [3.05, 3.63) is 64.4 Å². The van der Waals surface area contributed by atoms with Crippen LogP contribution in [0.4, 0.5) is 13.2 Å². The van der Waals surface area contributed by atoms with Gasteiger partial charge in [0.15, 0.2) is 5.78 Å². The molecule has 0 aliphatic heterocycles. The van der Waals surface area contributed by atoms with Crippen molar-refractivity contribution in [2.24, 2.45) is 11.8 Å². The number of carbonyl (C=O) groups excluding carboxylic acids is 1. The van der Waals surface area contributed by atoms with E-state index < -0.39 is 11.7 Å². The Bertz CT molecular complexity index is 1040. The first-order chi connectivity index (χ1) is 14.2. The molecule has 3 nitrogen and oxygen atoms in total. The molecule has 1 N–H and O–H groups in total. The average molecular weight is 416 g/mol. The molecule has 2 aliphatic carbocycles. The number of ether oxygens (including phenoxy) is 1. The third-order valence-electron chi connectivity index (χ3n) is 6.16. The molecule has 2 bridgehead atoms. The first kappa shape index (κ1) is 20.5. The smallest absolute Gasteiger partial charge is 0.416 e. The summed E-state index contributed by atoms with van der Waals surface area (Å²) in [5.41, 5.74) is 1.32. The van der Waals surface area contributed by atoms with Crippen LogP contribution in [0.3, 0.4) is 0 Å². The number of halogens is 3. The molecule has 4 rings (SSSR count). The van der Waals surface area contributed by atoms with Crippen LogP contribution in [0.15, 0.2) is 42.2 Å². The first-order valence-corrected chi connectivity index (χ1v) is 10.1. The van der Waals surface area contributed by atoms with Crippen LogP contribution in [0.1, 0.15) is 48.4 Å². The van der Waals surface area contributed by atoms with Crippen molar-refractivity contribution in [3.8, 4) is 11.5 Å². The number of alkyl halides is 3. The van der Waals surface area contributed by atoms with Crippen molar-refractivity contribution in [3.63, 3.8) is 0 Å². The predicted molar refractivity (Wildman–Crippen MR) is 107 cm³/mol. The topological polar surface area (TPSA) is 46.5 Å². The van der Waals surface area contributed by atoms with E-state index in [2.05, 4.69) is 0 Å². The number of fused-ring (bicyclic) bond motifs is 2. The molecule has 30 heavy (non-hydrogen) atoms. The fraction of sp³-hybridized carbons (Fsp3) is 0.375. The minimum absolute atomic E-state index is 0.0227. The Morgan fingerprint density at radius 3 is 2.40 bits per heavy atom. The lowest BCUT2D eigenvalue weighted by Crippen LogP contribution is -2.21. The number of aryl methyl sites for hydroxylation is 2. The van der Waals surface area contributed by atoms with Crippen LogP contribution in [0.5, 0.6) is 11.5 Å². The highest BCUT2D eigenvalue weighted by molar-refractivity contribution is 6.23. The molecule has 1 fully saturated rings. The van der Waals surface area contributed by atoms with Gasteiger partial charge in [0.1, 0.15) is 17.3 Å². The second-order valence-corrected chi connectivity index (χ2v) is 8.08. The van der Waals surface area contributed by atoms with Gasteiger partial charge in [-0.2, -0.15) is 13.2 Å².